The first-order valence-electron chi connectivity index (χ1n) is 9.71. The van der Waals surface area contributed by atoms with E-state index in [9.17, 15) is 8.42 Å². The summed E-state index contributed by atoms with van der Waals surface area (Å²) in [7, 11) is -0.516. The zero-order chi connectivity index (χ0) is 21.9. The molecule has 0 aliphatic carbocycles. The summed E-state index contributed by atoms with van der Waals surface area (Å²) in [6, 6.07) is 17.9. The van der Waals surface area contributed by atoms with Crippen molar-refractivity contribution in [3.8, 4) is 22.6 Å². The average molecular weight is 426 g/mol. The third-order valence-electron chi connectivity index (χ3n) is 4.97. The number of benzene rings is 3. The van der Waals surface area contributed by atoms with Crippen LogP contribution in [0, 0.1) is 6.92 Å². The zero-order valence-electron chi connectivity index (χ0n) is 17.9. The summed E-state index contributed by atoms with van der Waals surface area (Å²) in [6.07, 6.45) is 0. The maximum atomic E-state index is 13.0. The molecule has 0 bridgehead atoms. The van der Waals surface area contributed by atoms with E-state index in [0.717, 1.165) is 28.0 Å². The second kappa shape index (κ2) is 8.79. The molecule has 3 aromatic carbocycles. The third kappa shape index (κ3) is 4.44. The zero-order valence-corrected chi connectivity index (χ0v) is 18.7. The van der Waals surface area contributed by atoms with Crippen LogP contribution in [-0.4, -0.2) is 22.6 Å². The summed E-state index contributed by atoms with van der Waals surface area (Å²) in [5, 5.41) is 0. The predicted molar refractivity (Wildman–Crippen MR) is 121 cm³/mol. The molecule has 0 amide bonds. The first-order valence-corrected chi connectivity index (χ1v) is 11.2. The Kier molecular flexibility index (Phi) is 6.37. The molecule has 0 heterocycles. The van der Waals surface area contributed by atoms with Crippen LogP contribution >= 0.6 is 0 Å². The molecule has 3 aromatic rings. The Labute approximate surface area is 178 Å². The highest BCUT2D eigenvalue weighted by Gasteiger charge is 2.20. The minimum Gasteiger partial charge on any atom is -0.496 e. The lowest BCUT2D eigenvalue weighted by atomic mass is 9.94. The van der Waals surface area contributed by atoms with Gasteiger partial charge in [0.15, 0.2) is 0 Å². The molecule has 0 saturated carbocycles. The molecule has 1 N–H and O–H groups in total. The molecule has 0 aliphatic heterocycles. The fourth-order valence-corrected chi connectivity index (χ4v) is 4.39. The van der Waals surface area contributed by atoms with Gasteiger partial charge < -0.3 is 9.47 Å². The van der Waals surface area contributed by atoms with Gasteiger partial charge in [-0.2, -0.15) is 0 Å². The standard InChI is InChI=1S/C24H27NO4S/c1-16(2)20-14-21(24(29-5)15-23(20)28-4)19-8-6-7-9-22(19)25-30(26,27)18-12-10-17(3)11-13-18/h6-16,25H,1-5H3. The summed E-state index contributed by atoms with van der Waals surface area (Å²) in [4.78, 5) is 0.215. The number of hydrogen-bond acceptors (Lipinski definition) is 4. The lowest BCUT2D eigenvalue weighted by molar-refractivity contribution is 0.390. The van der Waals surface area contributed by atoms with Crippen LogP contribution in [0.15, 0.2) is 65.6 Å². The number of ether oxygens (including phenoxy) is 2. The Morgan fingerprint density at radius 1 is 0.833 bits per heavy atom. The lowest BCUT2D eigenvalue weighted by Gasteiger charge is -2.19. The van der Waals surface area contributed by atoms with Gasteiger partial charge in [0.2, 0.25) is 0 Å². The van der Waals surface area contributed by atoms with Crippen molar-refractivity contribution in [1.29, 1.82) is 0 Å². The van der Waals surface area contributed by atoms with E-state index in [4.69, 9.17) is 9.47 Å². The Hall–Kier alpha value is -2.99. The van der Waals surface area contributed by atoms with E-state index in [2.05, 4.69) is 18.6 Å². The smallest absolute Gasteiger partial charge is 0.261 e. The number of hydrogen-bond donors (Lipinski definition) is 1. The van der Waals surface area contributed by atoms with Gasteiger partial charge in [0, 0.05) is 17.2 Å². The molecule has 6 heteroatoms. The molecule has 5 nitrogen and oxygen atoms in total. The number of aryl methyl sites for hydroxylation is 1. The molecule has 0 aliphatic rings. The van der Waals surface area contributed by atoms with Gasteiger partial charge in [-0.1, -0.05) is 49.7 Å². The van der Waals surface area contributed by atoms with Gasteiger partial charge >= 0.3 is 0 Å². The van der Waals surface area contributed by atoms with E-state index in [1.54, 1.807) is 50.6 Å². The molecule has 158 valence electrons. The molecular formula is C24H27NO4S. The predicted octanol–water partition coefficient (Wildman–Crippen LogP) is 5.60. The van der Waals surface area contributed by atoms with E-state index >= 15 is 0 Å². The molecule has 0 fully saturated rings. The van der Waals surface area contributed by atoms with Crippen LogP contribution in [0.4, 0.5) is 5.69 Å². The highest BCUT2D eigenvalue weighted by Crippen LogP contribution is 2.41. The number of para-hydroxylation sites is 1. The van der Waals surface area contributed by atoms with Crippen molar-refractivity contribution in [2.75, 3.05) is 18.9 Å². The van der Waals surface area contributed by atoms with Crippen molar-refractivity contribution in [3.63, 3.8) is 0 Å². The van der Waals surface area contributed by atoms with Gasteiger partial charge in [-0.25, -0.2) is 8.42 Å². The van der Waals surface area contributed by atoms with Gasteiger partial charge in [-0.3, -0.25) is 4.72 Å². The van der Waals surface area contributed by atoms with Crippen LogP contribution in [-0.2, 0) is 10.0 Å². The van der Waals surface area contributed by atoms with Crippen LogP contribution < -0.4 is 14.2 Å². The van der Waals surface area contributed by atoms with E-state index in [0.29, 0.717) is 11.4 Å². The SMILES string of the molecule is COc1cc(OC)c(C(C)C)cc1-c1ccccc1NS(=O)(=O)c1ccc(C)cc1. The number of methoxy groups -OCH3 is 2. The largest absolute Gasteiger partial charge is 0.496 e. The van der Waals surface area contributed by atoms with Gasteiger partial charge in [0.1, 0.15) is 11.5 Å². The minimum absolute atomic E-state index is 0.215. The number of sulfonamides is 1. The van der Waals surface area contributed by atoms with Crippen molar-refractivity contribution in [2.45, 2.75) is 31.6 Å². The third-order valence-corrected chi connectivity index (χ3v) is 6.35. The van der Waals surface area contributed by atoms with Crippen molar-refractivity contribution in [2.24, 2.45) is 0 Å². The summed E-state index contributed by atoms with van der Waals surface area (Å²) in [5.74, 6) is 1.57. The van der Waals surface area contributed by atoms with Crippen LogP contribution in [0.2, 0.25) is 0 Å². The maximum absolute atomic E-state index is 13.0. The Balaban J connectivity index is 2.12. The normalized spacial score (nSPS) is 11.4. The molecule has 0 unspecified atom stereocenters. The second-order valence-electron chi connectivity index (χ2n) is 7.41. The van der Waals surface area contributed by atoms with E-state index in [1.165, 1.54) is 0 Å². The van der Waals surface area contributed by atoms with Crippen LogP contribution in [0.1, 0.15) is 30.9 Å². The van der Waals surface area contributed by atoms with Crippen molar-refractivity contribution >= 4 is 15.7 Å². The van der Waals surface area contributed by atoms with Gasteiger partial charge in [-0.05, 0) is 42.7 Å². The van der Waals surface area contributed by atoms with Gasteiger partial charge in [0.05, 0.1) is 24.8 Å². The van der Waals surface area contributed by atoms with Crippen molar-refractivity contribution < 1.29 is 17.9 Å². The number of anilines is 1. The summed E-state index contributed by atoms with van der Waals surface area (Å²) >= 11 is 0. The summed E-state index contributed by atoms with van der Waals surface area (Å²) in [5.41, 5.74) is 4.03. The maximum Gasteiger partial charge on any atom is 0.261 e. The highest BCUT2D eigenvalue weighted by molar-refractivity contribution is 7.92. The molecule has 0 aromatic heterocycles. The molecule has 3 rings (SSSR count). The lowest BCUT2D eigenvalue weighted by Crippen LogP contribution is -2.13. The van der Waals surface area contributed by atoms with Crippen LogP contribution in [0.25, 0.3) is 11.1 Å². The number of rotatable bonds is 7. The molecule has 0 atom stereocenters. The Morgan fingerprint density at radius 3 is 2.07 bits per heavy atom. The quantitative estimate of drug-likeness (QED) is 0.535. The van der Waals surface area contributed by atoms with E-state index in [1.807, 2.05) is 31.2 Å². The fraction of sp³-hybridized carbons (Fsp3) is 0.250. The molecule has 0 radical (unpaired) electrons. The Bertz CT molecular complexity index is 1140. The highest BCUT2D eigenvalue weighted by atomic mass is 32.2. The van der Waals surface area contributed by atoms with Crippen molar-refractivity contribution in [3.05, 3.63) is 71.8 Å². The Morgan fingerprint density at radius 2 is 1.47 bits per heavy atom. The van der Waals surface area contributed by atoms with Gasteiger partial charge in [-0.15, -0.1) is 0 Å². The summed E-state index contributed by atoms with van der Waals surface area (Å²) in [6.45, 7) is 6.08. The first kappa shape index (κ1) is 21.7. The second-order valence-corrected chi connectivity index (χ2v) is 9.10. The van der Waals surface area contributed by atoms with Crippen LogP contribution in [0.5, 0.6) is 11.5 Å². The van der Waals surface area contributed by atoms with E-state index in [-0.39, 0.29) is 10.8 Å². The fourth-order valence-electron chi connectivity index (χ4n) is 3.31. The summed E-state index contributed by atoms with van der Waals surface area (Å²) < 4.78 is 39.8. The van der Waals surface area contributed by atoms with Crippen LogP contribution in [0.3, 0.4) is 0 Å². The molecule has 0 spiro atoms. The molecular weight excluding hydrogens is 398 g/mol. The van der Waals surface area contributed by atoms with E-state index < -0.39 is 10.0 Å². The minimum atomic E-state index is -3.73. The average Bonchev–Trinajstić information content (AvgIpc) is 2.73. The van der Waals surface area contributed by atoms with Gasteiger partial charge in [0.25, 0.3) is 10.0 Å². The number of nitrogens with one attached hydrogen (secondary N) is 1. The molecule has 30 heavy (non-hydrogen) atoms. The molecule has 0 saturated heterocycles. The first-order chi connectivity index (χ1) is 14.3. The van der Waals surface area contributed by atoms with Crippen molar-refractivity contribution in [1.82, 2.24) is 0 Å². The topological polar surface area (TPSA) is 64.6 Å². The monoisotopic (exact) mass is 425 g/mol.